The molecule has 404 valence electrons. The van der Waals surface area contributed by atoms with E-state index in [2.05, 4.69) is 46.9 Å². The van der Waals surface area contributed by atoms with Gasteiger partial charge in [-0.1, -0.05) is 50.0 Å². The molecule has 20 heteroatoms. The van der Waals surface area contributed by atoms with Gasteiger partial charge in [-0.05, 0) is 153 Å². The summed E-state index contributed by atoms with van der Waals surface area (Å²) in [5.41, 5.74) is 8.53. The van der Waals surface area contributed by atoms with Crippen LogP contribution in [0.25, 0.3) is 44.3 Å². The first-order valence-electron chi connectivity index (χ1n) is 24.8. The van der Waals surface area contributed by atoms with Gasteiger partial charge in [-0.3, -0.25) is 9.78 Å². The molecule has 2 saturated carbocycles. The number of carbonyl (C=O) groups excluding carboxylic acids is 2. The molecule has 2 N–H and O–H groups in total. The van der Waals surface area contributed by atoms with E-state index in [4.69, 9.17) is 28.7 Å². The normalized spacial score (nSPS) is 13.4. The van der Waals surface area contributed by atoms with Gasteiger partial charge in [0.15, 0.2) is 5.60 Å². The largest absolute Gasteiger partial charge is 2.00 e. The van der Waals surface area contributed by atoms with Crippen molar-refractivity contribution in [2.24, 2.45) is 0 Å². The van der Waals surface area contributed by atoms with Crippen LogP contribution in [-0.2, 0) is 10.3 Å². The van der Waals surface area contributed by atoms with Crippen LogP contribution in [0.15, 0.2) is 106 Å². The van der Waals surface area contributed by atoms with Gasteiger partial charge in [-0.15, -0.1) is 5.10 Å². The van der Waals surface area contributed by atoms with Crippen molar-refractivity contribution in [1.82, 2.24) is 60.2 Å². The van der Waals surface area contributed by atoms with Crippen molar-refractivity contribution in [3.05, 3.63) is 178 Å². The molecule has 12 rings (SSSR count). The molecule has 18 nitrogen and oxygen atoms in total. The summed E-state index contributed by atoms with van der Waals surface area (Å²) in [5, 5.41) is 36.9. The number of aromatic nitrogens is 12. The summed E-state index contributed by atoms with van der Waals surface area (Å²) in [5.74, 6) is 3.09. The van der Waals surface area contributed by atoms with Gasteiger partial charge in [0, 0.05) is 46.6 Å². The zero-order valence-corrected chi connectivity index (χ0v) is 47.2. The fourth-order valence-corrected chi connectivity index (χ4v) is 9.14. The first-order chi connectivity index (χ1) is 36.0. The van der Waals surface area contributed by atoms with Crippen LogP contribution >= 0.6 is 0 Å². The number of fused-ring (bicyclic) bond motifs is 2. The number of ketones is 1. The van der Waals surface area contributed by atoms with E-state index in [0.717, 1.165) is 70.8 Å². The van der Waals surface area contributed by atoms with Crippen molar-refractivity contribution < 1.29 is 45.5 Å². The number of hydrogen-bond donors (Lipinski definition) is 2. The molecule has 10 aromatic rings. The number of nitrogens with one attached hydrogen (secondary N) is 1. The fraction of sp³-hybridized carbons (Fsp3) is 0.322. The first-order valence-corrected chi connectivity index (χ1v) is 24.8. The van der Waals surface area contributed by atoms with Gasteiger partial charge in [0.2, 0.25) is 5.78 Å². The second-order valence-corrected chi connectivity index (χ2v) is 20.0. The zero-order valence-electron chi connectivity index (χ0n) is 44.2. The standard InChI is InChI=1S/C26H24N6O2.C25H25N5O4.C6H6N.2CH4.BrH.Mg/c1-14-6-4-7-21(28-14)26(33,22-8-5-11-27-31-22)19-12-18(23-15(2)32-34-16(23)3)13-20-24(19)30-25(29-20)17-9-10-17;1-13-20(14(2)34-29-13)16-11-17(22(31)18-7-6-10-26-28-18)21-19(12-16)30(23(27-21)15-8-9-15)24(32)33-25(3,4)5;1-6-4-2-3-5-7-6;;;;/h4-8,11-13,17,33H,9-10H2,1-3H3,(H,29,30);6-7,10-12,15H,8-9H2,1-5H3;2-4H,1H3;2*1H4;1H;/q;;-1;;;;+2/p-1. The first kappa shape index (κ1) is 60.8. The molecule has 2 fully saturated rings. The van der Waals surface area contributed by atoms with Crippen LogP contribution in [0.2, 0.25) is 0 Å². The van der Waals surface area contributed by atoms with Crippen LogP contribution in [0.3, 0.4) is 0 Å². The molecule has 79 heavy (non-hydrogen) atoms. The van der Waals surface area contributed by atoms with Crippen LogP contribution in [0.5, 0.6) is 0 Å². The monoisotopic (exact) mass is 1140 g/mol. The number of hydrogen-bond acceptors (Lipinski definition) is 16. The summed E-state index contributed by atoms with van der Waals surface area (Å²) in [4.78, 5) is 48.7. The van der Waals surface area contributed by atoms with Crippen molar-refractivity contribution in [2.45, 2.75) is 126 Å². The molecule has 0 radical (unpaired) electrons. The Morgan fingerprint density at radius 1 is 0.722 bits per heavy atom. The number of nitrogens with zero attached hydrogens (tertiary/aromatic N) is 11. The predicted octanol–water partition coefficient (Wildman–Crippen LogP) is 8.57. The number of pyridine rings is 2. The zero-order chi connectivity index (χ0) is 52.8. The Labute approximate surface area is 485 Å². The summed E-state index contributed by atoms with van der Waals surface area (Å²) in [7, 11) is 0. The molecule has 1 atom stereocenters. The third-order valence-electron chi connectivity index (χ3n) is 12.9. The molecular formula is C59H63BrMgN12O6. The Kier molecular flexibility index (Phi) is 19.0. The number of aliphatic hydroxyl groups is 1. The molecule has 0 aliphatic heterocycles. The number of benzene rings is 2. The Bertz CT molecular complexity index is 3700. The van der Waals surface area contributed by atoms with Gasteiger partial charge in [0.1, 0.15) is 45.7 Å². The predicted molar refractivity (Wildman–Crippen MR) is 297 cm³/mol. The molecule has 2 aliphatic rings. The van der Waals surface area contributed by atoms with Gasteiger partial charge in [0.25, 0.3) is 0 Å². The summed E-state index contributed by atoms with van der Waals surface area (Å²) in [6.45, 7) is 16.7. The van der Waals surface area contributed by atoms with E-state index in [0.29, 0.717) is 73.6 Å². The minimum atomic E-state index is -1.68. The van der Waals surface area contributed by atoms with Gasteiger partial charge < -0.3 is 45.8 Å². The average molecular weight is 1140 g/mol. The van der Waals surface area contributed by atoms with Crippen molar-refractivity contribution in [3.8, 4) is 22.3 Å². The summed E-state index contributed by atoms with van der Waals surface area (Å²) in [6, 6.07) is 25.6. The van der Waals surface area contributed by atoms with Crippen molar-refractivity contribution in [3.63, 3.8) is 0 Å². The second kappa shape index (κ2) is 24.7. The third kappa shape index (κ3) is 12.7. The van der Waals surface area contributed by atoms with Gasteiger partial charge in [0.05, 0.1) is 39.2 Å². The number of halogens is 1. The number of aryl methyl sites for hydroxylation is 6. The summed E-state index contributed by atoms with van der Waals surface area (Å²) in [6.07, 6.45) is 9.36. The van der Waals surface area contributed by atoms with Gasteiger partial charge in [-0.2, -0.15) is 33.5 Å². The maximum atomic E-state index is 13.5. The number of H-pyrrole nitrogens is 1. The molecular weight excluding hydrogens is 1080 g/mol. The van der Waals surface area contributed by atoms with Crippen molar-refractivity contribution >= 4 is 57.0 Å². The molecule has 0 saturated heterocycles. The summed E-state index contributed by atoms with van der Waals surface area (Å²) >= 11 is 0. The van der Waals surface area contributed by atoms with E-state index in [1.165, 1.54) is 10.8 Å². The maximum absolute atomic E-state index is 13.5. The van der Waals surface area contributed by atoms with Crippen LogP contribution < -0.4 is 17.0 Å². The van der Waals surface area contributed by atoms with Crippen molar-refractivity contribution in [2.75, 3.05) is 0 Å². The molecule has 0 bridgehead atoms. The smallest absolute Gasteiger partial charge is 1.00 e. The minimum absolute atomic E-state index is 0. The van der Waals surface area contributed by atoms with Crippen LogP contribution in [0.4, 0.5) is 4.79 Å². The quantitative estimate of drug-likeness (QED) is 0.0781. The van der Waals surface area contributed by atoms with Gasteiger partial charge >= 0.3 is 29.1 Å². The summed E-state index contributed by atoms with van der Waals surface area (Å²) < 4.78 is 18.1. The molecule has 2 aromatic carbocycles. The third-order valence-corrected chi connectivity index (χ3v) is 12.9. The Hall–Kier alpha value is -7.39. The van der Waals surface area contributed by atoms with Crippen LogP contribution in [0, 0.1) is 47.7 Å². The molecule has 8 heterocycles. The Morgan fingerprint density at radius 2 is 1.34 bits per heavy atom. The molecule has 1 unspecified atom stereocenters. The minimum Gasteiger partial charge on any atom is -1.00 e. The maximum Gasteiger partial charge on any atom is 2.00 e. The molecule has 0 spiro atoms. The van der Waals surface area contributed by atoms with E-state index in [1.807, 2.05) is 111 Å². The van der Waals surface area contributed by atoms with E-state index in [-0.39, 0.29) is 72.3 Å². The molecule has 8 aromatic heterocycles. The fourth-order valence-electron chi connectivity index (χ4n) is 9.14. The number of ether oxygens (including phenoxy) is 1. The molecule has 0 amide bonds. The van der Waals surface area contributed by atoms with E-state index in [9.17, 15) is 14.7 Å². The topological polar surface area (TPSA) is 239 Å². The number of imidazole rings is 2. The Balaban J connectivity index is 0.000000217. The van der Waals surface area contributed by atoms with Gasteiger partial charge in [-0.25, -0.2) is 19.3 Å². The number of carbonyl (C=O) groups is 2. The van der Waals surface area contributed by atoms with Crippen LogP contribution in [-0.4, -0.2) is 106 Å². The van der Waals surface area contributed by atoms with E-state index >= 15 is 0 Å². The number of aromatic amines is 1. The van der Waals surface area contributed by atoms with E-state index in [1.54, 1.807) is 42.6 Å². The Morgan fingerprint density at radius 3 is 1.86 bits per heavy atom. The van der Waals surface area contributed by atoms with E-state index < -0.39 is 17.3 Å². The van der Waals surface area contributed by atoms with Crippen molar-refractivity contribution in [1.29, 1.82) is 0 Å². The average Bonchev–Trinajstić information content (AvgIpc) is 4.50. The second-order valence-electron chi connectivity index (χ2n) is 20.0. The van der Waals surface area contributed by atoms with Crippen LogP contribution in [0.1, 0.15) is 152 Å². The SMILES string of the molecule is C.C.Cc1ccc[c-]n1.Cc1cccc(C(O)(c2cccnn2)c2cc(-c3c(C)noc3C)cc3[nH]c(C4CC4)nc23)n1.Cc1noc(C)c1-c1cc(C(=O)c2cccnn2)c2nc(C3CC3)n(C(=O)OC(C)(C)C)c2c1.[Br-].[Mg+2]. The molecule has 2 aliphatic carbocycles. The number of rotatable bonds is 9.